The Bertz CT molecular complexity index is 1280. The van der Waals surface area contributed by atoms with Crippen molar-refractivity contribution in [2.75, 3.05) is 0 Å². The van der Waals surface area contributed by atoms with E-state index in [4.69, 9.17) is 17.3 Å². The summed E-state index contributed by atoms with van der Waals surface area (Å²) >= 11 is 6.05. The van der Waals surface area contributed by atoms with Crippen molar-refractivity contribution in [3.63, 3.8) is 0 Å². The Morgan fingerprint density at radius 3 is 2.52 bits per heavy atom. The molecule has 3 N–H and O–H groups in total. The van der Waals surface area contributed by atoms with E-state index in [1.165, 1.54) is 17.7 Å². The molecule has 2 amide bonds. The first-order valence-corrected chi connectivity index (χ1v) is 10.5. The number of carbonyl (C=O) groups excluding carboxylic acids is 2. The van der Waals surface area contributed by atoms with E-state index in [2.05, 4.69) is 5.32 Å². The van der Waals surface area contributed by atoms with Gasteiger partial charge in [-0.15, -0.1) is 0 Å². The number of amides is 2. The first kappa shape index (κ1) is 24.0. The molecule has 9 heteroatoms. The molecule has 0 saturated heterocycles. The van der Waals surface area contributed by atoms with Crippen molar-refractivity contribution in [2.45, 2.75) is 32.9 Å². The first-order chi connectivity index (χ1) is 15.7. The van der Waals surface area contributed by atoms with Gasteiger partial charge in [-0.3, -0.25) is 9.59 Å². The predicted octanol–water partition coefficient (Wildman–Crippen LogP) is 4.63. The van der Waals surface area contributed by atoms with Gasteiger partial charge in [0.05, 0.1) is 18.0 Å². The number of carbonyl (C=O) groups is 2. The molecule has 0 fully saturated rings. The van der Waals surface area contributed by atoms with Crippen LogP contribution in [0.3, 0.4) is 0 Å². The van der Waals surface area contributed by atoms with Crippen molar-refractivity contribution >= 4 is 23.4 Å². The van der Waals surface area contributed by atoms with Crippen LogP contribution in [-0.4, -0.2) is 16.4 Å². The fourth-order valence-corrected chi connectivity index (χ4v) is 3.92. The highest BCUT2D eigenvalue weighted by Crippen LogP contribution is 2.35. The van der Waals surface area contributed by atoms with Crippen LogP contribution in [0.1, 0.15) is 46.6 Å². The number of rotatable bonds is 7. The Morgan fingerprint density at radius 1 is 1.21 bits per heavy atom. The van der Waals surface area contributed by atoms with Crippen molar-refractivity contribution in [1.29, 1.82) is 5.26 Å². The molecule has 33 heavy (non-hydrogen) atoms. The quantitative estimate of drug-likeness (QED) is 0.526. The van der Waals surface area contributed by atoms with Gasteiger partial charge in [-0.05, 0) is 49.2 Å². The minimum Gasteiger partial charge on any atom is -0.370 e. The number of hydrogen-bond acceptors (Lipinski definition) is 3. The SMILES string of the molecule is CCn1cc(C(=O)N[C@@H](CC(N)=O)c2cccc(Cl)c2)c(-c2c(F)ccc(F)c2C)c1C#N. The number of aryl methyl sites for hydroxylation is 1. The topological polar surface area (TPSA) is 101 Å². The maximum absolute atomic E-state index is 14.8. The normalized spacial score (nSPS) is 11.6. The Morgan fingerprint density at radius 2 is 1.91 bits per heavy atom. The lowest BCUT2D eigenvalue weighted by atomic mass is 9.95. The number of nitrogens with one attached hydrogen (secondary N) is 1. The minimum absolute atomic E-state index is 0.0180. The van der Waals surface area contributed by atoms with Crippen LogP contribution in [0.4, 0.5) is 8.78 Å². The summed E-state index contributed by atoms with van der Waals surface area (Å²) < 4.78 is 30.6. The Balaban J connectivity index is 2.15. The molecule has 3 rings (SSSR count). The van der Waals surface area contributed by atoms with Gasteiger partial charge in [-0.1, -0.05) is 23.7 Å². The molecular weight excluding hydrogens is 450 g/mol. The molecule has 0 unspecified atom stereocenters. The molecule has 1 heterocycles. The monoisotopic (exact) mass is 470 g/mol. The van der Waals surface area contributed by atoms with E-state index in [1.54, 1.807) is 31.2 Å². The molecule has 0 aliphatic heterocycles. The smallest absolute Gasteiger partial charge is 0.254 e. The Labute approximate surface area is 194 Å². The number of nitriles is 1. The van der Waals surface area contributed by atoms with E-state index in [0.717, 1.165) is 12.1 Å². The molecule has 0 saturated carbocycles. The van der Waals surface area contributed by atoms with E-state index >= 15 is 0 Å². The number of nitrogens with zero attached hydrogens (tertiary/aromatic N) is 2. The summed E-state index contributed by atoms with van der Waals surface area (Å²) in [5, 5.41) is 12.9. The van der Waals surface area contributed by atoms with Crippen molar-refractivity contribution < 1.29 is 18.4 Å². The van der Waals surface area contributed by atoms with Crippen LogP contribution in [0.25, 0.3) is 11.1 Å². The lowest BCUT2D eigenvalue weighted by Gasteiger charge is -2.19. The average Bonchev–Trinajstić information content (AvgIpc) is 3.14. The number of primary amides is 1. The third-order valence-electron chi connectivity index (χ3n) is 5.33. The molecule has 6 nitrogen and oxygen atoms in total. The average molecular weight is 471 g/mol. The third kappa shape index (κ3) is 4.89. The van der Waals surface area contributed by atoms with E-state index in [1.807, 2.05) is 6.07 Å². The number of benzene rings is 2. The molecule has 2 aromatic carbocycles. The highest BCUT2D eigenvalue weighted by atomic mass is 35.5. The zero-order chi connectivity index (χ0) is 24.3. The molecular formula is C24H21ClF2N4O2. The Kier molecular flexibility index (Phi) is 7.14. The van der Waals surface area contributed by atoms with E-state index in [9.17, 15) is 23.6 Å². The largest absolute Gasteiger partial charge is 0.370 e. The summed E-state index contributed by atoms with van der Waals surface area (Å²) in [6, 6.07) is 9.67. The fourth-order valence-electron chi connectivity index (χ4n) is 3.72. The zero-order valence-electron chi connectivity index (χ0n) is 18.0. The van der Waals surface area contributed by atoms with Gasteiger partial charge in [0.2, 0.25) is 5.91 Å². The molecule has 0 bridgehead atoms. The second-order valence-electron chi connectivity index (χ2n) is 7.44. The summed E-state index contributed by atoms with van der Waals surface area (Å²) in [7, 11) is 0. The summed E-state index contributed by atoms with van der Waals surface area (Å²) in [6.07, 6.45) is 1.20. The maximum atomic E-state index is 14.8. The number of nitrogens with two attached hydrogens (primary N) is 1. The van der Waals surface area contributed by atoms with Gasteiger partial charge in [0.1, 0.15) is 23.4 Å². The first-order valence-electron chi connectivity index (χ1n) is 10.1. The van der Waals surface area contributed by atoms with Crippen LogP contribution >= 0.6 is 11.6 Å². The van der Waals surface area contributed by atoms with E-state index in [0.29, 0.717) is 17.1 Å². The number of halogens is 3. The zero-order valence-corrected chi connectivity index (χ0v) is 18.7. The van der Waals surface area contributed by atoms with Crippen LogP contribution in [0.2, 0.25) is 5.02 Å². The Hall–Kier alpha value is -3.70. The standard InChI is InChI=1S/C24H21ClF2N4O2/c1-3-31-12-16(23(20(31)11-28)22-13(2)17(26)7-8-18(22)27)24(33)30-19(10-21(29)32)14-5-4-6-15(25)9-14/h4-9,12,19H,3,10H2,1-2H3,(H2,29,32)(H,30,33)/t19-/m0/s1. The molecule has 0 aliphatic carbocycles. The van der Waals surface area contributed by atoms with Crippen LogP contribution in [-0.2, 0) is 11.3 Å². The van der Waals surface area contributed by atoms with Gasteiger partial charge in [-0.2, -0.15) is 5.26 Å². The lowest BCUT2D eigenvalue weighted by molar-refractivity contribution is -0.118. The molecule has 170 valence electrons. The van der Waals surface area contributed by atoms with Crippen LogP contribution in [0.5, 0.6) is 0 Å². The number of hydrogen-bond donors (Lipinski definition) is 2. The summed E-state index contributed by atoms with van der Waals surface area (Å²) in [5.41, 5.74) is 5.68. The molecule has 0 radical (unpaired) electrons. The second kappa shape index (κ2) is 9.84. The highest BCUT2D eigenvalue weighted by molar-refractivity contribution is 6.30. The van der Waals surface area contributed by atoms with Crippen molar-refractivity contribution in [2.24, 2.45) is 5.73 Å². The van der Waals surface area contributed by atoms with Crippen molar-refractivity contribution in [1.82, 2.24) is 9.88 Å². The summed E-state index contributed by atoms with van der Waals surface area (Å²) in [4.78, 5) is 25.0. The van der Waals surface area contributed by atoms with Crippen LogP contribution in [0, 0.1) is 29.9 Å². The van der Waals surface area contributed by atoms with Crippen molar-refractivity contribution in [3.8, 4) is 17.2 Å². The van der Waals surface area contributed by atoms with Gasteiger partial charge < -0.3 is 15.6 Å². The van der Waals surface area contributed by atoms with Gasteiger partial charge in [0, 0.05) is 28.9 Å². The minimum atomic E-state index is -0.824. The van der Waals surface area contributed by atoms with E-state index < -0.39 is 29.5 Å². The van der Waals surface area contributed by atoms with E-state index in [-0.39, 0.29) is 34.4 Å². The molecule has 1 aromatic heterocycles. The predicted molar refractivity (Wildman–Crippen MR) is 120 cm³/mol. The second-order valence-corrected chi connectivity index (χ2v) is 7.88. The molecule has 3 aromatic rings. The third-order valence-corrected chi connectivity index (χ3v) is 5.56. The highest BCUT2D eigenvalue weighted by Gasteiger charge is 2.28. The van der Waals surface area contributed by atoms with Crippen LogP contribution in [0.15, 0.2) is 42.6 Å². The fraction of sp³-hybridized carbons (Fsp3) is 0.208. The molecule has 0 aliphatic rings. The lowest BCUT2D eigenvalue weighted by Crippen LogP contribution is -2.32. The van der Waals surface area contributed by atoms with Crippen LogP contribution < -0.4 is 11.1 Å². The van der Waals surface area contributed by atoms with Gasteiger partial charge in [0.25, 0.3) is 5.91 Å². The summed E-state index contributed by atoms with van der Waals surface area (Å²) in [5.74, 6) is -2.77. The maximum Gasteiger partial charge on any atom is 0.254 e. The van der Waals surface area contributed by atoms with Gasteiger partial charge in [-0.25, -0.2) is 8.78 Å². The van der Waals surface area contributed by atoms with Gasteiger partial charge in [0.15, 0.2) is 0 Å². The summed E-state index contributed by atoms with van der Waals surface area (Å²) in [6.45, 7) is 3.45. The van der Waals surface area contributed by atoms with Gasteiger partial charge >= 0.3 is 0 Å². The molecule has 1 atom stereocenters. The molecule has 0 spiro atoms. The van der Waals surface area contributed by atoms with Crippen molar-refractivity contribution in [3.05, 3.63) is 81.6 Å². The number of aromatic nitrogens is 1.